The van der Waals surface area contributed by atoms with E-state index in [1.54, 1.807) is 6.92 Å². The molecule has 1 atom stereocenters. The van der Waals surface area contributed by atoms with E-state index in [2.05, 4.69) is 5.16 Å². The normalized spacial score (nSPS) is 18.4. The van der Waals surface area contributed by atoms with Crippen LogP contribution in [0, 0.1) is 17.6 Å². The molecule has 2 rings (SSSR count). The highest BCUT2D eigenvalue weighted by molar-refractivity contribution is 7.99. The van der Waals surface area contributed by atoms with Crippen molar-refractivity contribution in [1.82, 2.24) is 0 Å². The Kier molecular flexibility index (Phi) is 7.63. The zero-order chi connectivity index (χ0) is 19.1. The van der Waals surface area contributed by atoms with Gasteiger partial charge in [-0.2, -0.15) is 0 Å². The van der Waals surface area contributed by atoms with E-state index >= 15 is 0 Å². The summed E-state index contributed by atoms with van der Waals surface area (Å²) in [7, 11) is 0. The van der Waals surface area contributed by atoms with Crippen LogP contribution < -0.4 is 0 Å². The van der Waals surface area contributed by atoms with Gasteiger partial charge in [0.05, 0.1) is 11.3 Å². The Morgan fingerprint density at radius 3 is 2.69 bits per heavy atom. The predicted molar refractivity (Wildman–Crippen MR) is 98.4 cm³/mol. The molecule has 1 aromatic rings. The highest BCUT2D eigenvalue weighted by Crippen LogP contribution is 2.31. The van der Waals surface area contributed by atoms with Crippen LogP contribution in [0.2, 0.25) is 0 Å². The average Bonchev–Trinajstić information content (AvgIpc) is 2.60. The summed E-state index contributed by atoms with van der Waals surface area (Å²) in [5.41, 5.74) is 0.759. The number of allylic oxidation sites excluding steroid dienone is 2. The molecule has 4 nitrogen and oxygen atoms in total. The van der Waals surface area contributed by atoms with Crippen molar-refractivity contribution in [3.8, 4) is 0 Å². The summed E-state index contributed by atoms with van der Waals surface area (Å²) in [5.74, 6) is -1.13. The molecule has 0 amide bonds. The number of carbonyl (C=O) groups excluding carboxylic acids is 1. The Labute approximate surface area is 156 Å². The quantitative estimate of drug-likeness (QED) is 0.388. The molecule has 1 N–H and O–H groups in total. The standard InChI is InChI=1S/C19H23F2NO3S/c1-3-16(22-25-4-2)19-17(23)9-12(10-18(19)24)7-8-26-13-5-6-14(20)15(21)11-13/h5-6,11-12,23H,3-4,7-10H2,1-2H3. The van der Waals surface area contributed by atoms with Crippen LogP contribution in [-0.4, -0.2) is 29.0 Å². The minimum absolute atomic E-state index is 0.0224. The van der Waals surface area contributed by atoms with Crippen LogP contribution in [0.3, 0.4) is 0 Å². The van der Waals surface area contributed by atoms with Crippen LogP contribution in [0.5, 0.6) is 0 Å². The maximum absolute atomic E-state index is 13.2. The summed E-state index contributed by atoms with van der Waals surface area (Å²) < 4.78 is 26.1. The van der Waals surface area contributed by atoms with Gasteiger partial charge >= 0.3 is 0 Å². The smallest absolute Gasteiger partial charge is 0.168 e. The Hall–Kier alpha value is -1.89. The predicted octanol–water partition coefficient (Wildman–Crippen LogP) is 5.04. The van der Waals surface area contributed by atoms with E-state index in [0.29, 0.717) is 48.7 Å². The van der Waals surface area contributed by atoms with Gasteiger partial charge in [0.1, 0.15) is 12.4 Å². The van der Waals surface area contributed by atoms with Gasteiger partial charge in [-0.1, -0.05) is 12.1 Å². The van der Waals surface area contributed by atoms with E-state index < -0.39 is 11.6 Å². The van der Waals surface area contributed by atoms with E-state index in [4.69, 9.17) is 4.84 Å². The van der Waals surface area contributed by atoms with Gasteiger partial charge in [0, 0.05) is 17.7 Å². The van der Waals surface area contributed by atoms with E-state index in [1.165, 1.54) is 23.9 Å². The van der Waals surface area contributed by atoms with Crippen LogP contribution in [0.1, 0.15) is 39.5 Å². The van der Waals surface area contributed by atoms with Crippen LogP contribution in [0.4, 0.5) is 8.78 Å². The lowest BCUT2D eigenvalue weighted by atomic mass is 9.83. The highest BCUT2D eigenvalue weighted by Gasteiger charge is 2.30. The number of oxime groups is 1. The minimum atomic E-state index is -0.867. The maximum atomic E-state index is 13.2. The van der Waals surface area contributed by atoms with Gasteiger partial charge in [-0.15, -0.1) is 11.8 Å². The Morgan fingerprint density at radius 2 is 2.08 bits per heavy atom. The van der Waals surface area contributed by atoms with Crippen molar-refractivity contribution in [2.45, 2.75) is 44.4 Å². The van der Waals surface area contributed by atoms with Crippen molar-refractivity contribution in [3.63, 3.8) is 0 Å². The lowest BCUT2D eigenvalue weighted by molar-refractivity contribution is -0.116. The first-order chi connectivity index (χ1) is 12.5. The molecule has 0 saturated heterocycles. The molecule has 0 saturated carbocycles. The minimum Gasteiger partial charge on any atom is -0.511 e. The van der Waals surface area contributed by atoms with Crippen molar-refractivity contribution < 1.29 is 23.5 Å². The first-order valence-corrected chi connectivity index (χ1v) is 9.67. The monoisotopic (exact) mass is 383 g/mol. The molecule has 7 heteroatoms. The molecule has 0 aliphatic heterocycles. The van der Waals surface area contributed by atoms with E-state index in [1.807, 2.05) is 6.92 Å². The molecular formula is C19H23F2NO3S. The summed E-state index contributed by atoms with van der Waals surface area (Å²) in [6.45, 7) is 4.06. The number of thioether (sulfide) groups is 1. The van der Waals surface area contributed by atoms with E-state index in [9.17, 15) is 18.7 Å². The second-order valence-electron chi connectivity index (χ2n) is 6.04. The van der Waals surface area contributed by atoms with Gasteiger partial charge in [-0.25, -0.2) is 8.78 Å². The molecule has 1 unspecified atom stereocenters. The molecule has 0 radical (unpaired) electrons. The first kappa shape index (κ1) is 20.4. The Bertz CT molecular complexity index is 719. The number of nitrogens with zero attached hydrogens (tertiary/aromatic N) is 1. The lowest BCUT2D eigenvalue weighted by Gasteiger charge is -2.23. The fourth-order valence-electron chi connectivity index (χ4n) is 2.84. The van der Waals surface area contributed by atoms with Gasteiger partial charge < -0.3 is 9.94 Å². The van der Waals surface area contributed by atoms with E-state index in [-0.39, 0.29) is 23.0 Å². The number of benzene rings is 1. The number of hydrogen-bond donors (Lipinski definition) is 1. The Morgan fingerprint density at radius 1 is 1.31 bits per heavy atom. The summed E-state index contributed by atoms with van der Waals surface area (Å²) in [6.07, 6.45) is 1.94. The third-order valence-corrected chi connectivity index (χ3v) is 5.16. The largest absolute Gasteiger partial charge is 0.511 e. The number of halogens is 2. The van der Waals surface area contributed by atoms with Gasteiger partial charge in [0.25, 0.3) is 0 Å². The molecule has 26 heavy (non-hydrogen) atoms. The number of aliphatic hydroxyl groups is 1. The van der Waals surface area contributed by atoms with Crippen LogP contribution in [0.25, 0.3) is 0 Å². The summed E-state index contributed by atoms with van der Waals surface area (Å²) in [5, 5.41) is 14.3. The molecule has 0 spiro atoms. The molecular weight excluding hydrogens is 360 g/mol. The number of Topliss-reactive ketones (excluding diaryl/α,β-unsaturated/α-hetero) is 1. The third-order valence-electron chi connectivity index (χ3n) is 4.14. The molecule has 1 aliphatic rings. The number of hydrogen-bond acceptors (Lipinski definition) is 5. The summed E-state index contributed by atoms with van der Waals surface area (Å²) >= 11 is 1.40. The van der Waals surface area contributed by atoms with Crippen LogP contribution in [0.15, 0.2) is 39.6 Å². The van der Waals surface area contributed by atoms with Gasteiger partial charge in [0.15, 0.2) is 17.4 Å². The number of ketones is 1. The zero-order valence-corrected chi connectivity index (χ0v) is 15.7. The zero-order valence-electron chi connectivity index (χ0n) is 14.9. The number of carbonyl (C=O) groups is 1. The Balaban J connectivity index is 1.95. The molecule has 1 aliphatic carbocycles. The molecule has 0 fully saturated rings. The van der Waals surface area contributed by atoms with Crippen molar-refractivity contribution in [3.05, 3.63) is 41.2 Å². The van der Waals surface area contributed by atoms with Gasteiger partial charge in [0.2, 0.25) is 0 Å². The van der Waals surface area contributed by atoms with E-state index in [0.717, 1.165) is 6.07 Å². The third kappa shape index (κ3) is 5.30. The highest BCUT2D eigenvalue weighted by atomic mass is 32.2. The summed E-state index contributed by atoms with van der Waals surface area (Å²) in [6, 6.07) is 3.80. The van der Waals surface area contributed by atoms with Crippen molar-refractivity contribution in [2.75, 3.05) is 12.4 Å². The average molecular weight is 383 g/mol. The molecule has 142 valence electrons. The van der Waals surface area contributed by atoms with Gasteiger partial charge in [-0.3, -0.25) is 4.79 Å². The molecule has 0 bridgehead atoms. The number of rotatable bonds is 8. The van der Waals surface area contributed by atoms with Crippen molar-refractivity contribution in [2.24, 2.45) is 11.1 Å². The lowest BCUT2D eigenvalue weighted by Crippen LogP contribution is -2.25. The number of aliphatic hydroxyl groups excluding tert-OH is 1. The fraction of sp³-hybridized carbons (Fsp3) is 0.474. The molecule has 0 aromatic heterocycles. The first-order valence-electron chi connectivity index (χ1n) is 8.68. The van der Waals surface area contributed by atoms with Gasteiger partial charge in [-0.05, 0) is 49.6 Å². The fourth-order valence-corrected chi connectivity index (χ4v) is 3.88. The second kappa shape index (κ2) is 9.71. The van der Waals surface area contributed by atoms with Crippen molar-refractivity contribution >= 4 is 23.3 Å². The topological polar surface area (TPSA) is 58.9 Å². The maximum Gasteiger partial charge on any atom is 0.168 e. The SMILES string of the molecule is CCON=C(CC)C1=C(O)CC(CCSc2ccc(F)c(F)c2)CC1=O. The summed E-state index contributed by atoms with van der Waals surface area (Å²) in [4.78, 5) is 18.1. The van der Waals surface area contributed by atoms with Crippen LogP contribution >= 0.6 is 11.8 Å². The van der Waals surface area contributed by atoms with Crippen molar-refractivity contribution in [1.29, 1.82) is 0 Å². The molecule has 0 heterocycles. The molecule has 1 aromatic carbocycles. The second-order valence-corrected chi connectivity index (χ2v) is 7.21. The van der Waals surface area contributed by atoms with Crippen LogP contribution in [-0.2, 0) is 9.63 Å².